The first-order valence-electron chi connectivity index (χ1n) is 18.7. The normalized spacial score (nSPS) is 21.4. The third-order valence-electron chi connectivity index (χ3n) is 11.2. The lowest BCUT2D eigenvalue weighted by atomic mass is 9.79. The van der Waals surface area contributed by atoms with Crippen molar-refractivity contribution in [3.63, 3.8) is 0 Å². The number of amides is 1. The first-order chi connectivity index (χ1) is 24.0. The molecular formula is C36H59BN6O6Si2. The molecular weight excluding hydrogens is 679 g/mol. The minimum atomic E-state index is -1.80. The van der Waals surface area contributed by atoms with Gasteiger partial charge in [0.2, 0.25) is 5.91 Å². The summed E-state index contributed by atoms with van der Waals surface area (Å²) in [7, 11) is -2.65. The van der Waals surface area contributed by atoms with Gasteiger partial charge < -0.3 is 29.2 Å². The Morgan fingerprint density at radius 3 is 2.35 bits per heavy atom. The molecule has 51 heavy (non-hydrogen) atoms. The highest BCUT2D eigenvalue weighted by atomic mass is 28.3. The molecule has 1 aliphatic heterocycles. The average molecular weight is 739 g/mol. The van der Waals surface area contributed by atoms with Crippen molar-refractivity contribution in [3.8, 4) is 11.5 Å². The van der Waals surface area contributed by atoms with Crippen LogP contribution >= 0.6 is 0 Å². The van der Waals surface area contributed by atoms with Gasteiger partial charge in [0.05, 0.1) is 30.3 Å². The van der Waals surface area contributed by atoms with E-state index in [0.717, 1.165) is 30.6 Å². The van der Waals surface area contributed by atoms with Crippen molar-refractivity contribution in [2.45, 2.75) is 104 Å². The molecule has 2 aliphatic carbocycles. The van der Waals surface area contributed by atoms with Crippen LogP contribution in [0.15, 0.2) is 12.1 Å². The smallest absolute Gasteiger partial charge is 0.423 e. The van der Waals surface area contributed by atoms with E-state index in [0.29, 0.717) is 80.1 Å². The second kappa shape index (κ2) is 14.8. The molecule has 1 saturated carbocycles. The molecule has 1 unspecified atom stereocenters. The van der Waals surface area contributed by atoms with Crippen LogP contribution in [-0.2, 0) is 45.3 Å². The van der Waals surface area contributed by atoms with Crippen LogP contribution in [0, 0.1) is 11.3 Å². The Bertz CT molecular complexity index is 1730. The molecule has 0 bridgehead atoms. The SMILES string of the molecule is CC(C(=O)N(C)c1cc(B(O)O)c2nc(-c3nn(COCC[Si](C)(C)C)c4c3C[C@@H]3C[C@]3(C)C4)n(COCC[Si](C)(C)C)c2c1)N1CCOCC1. The topological polar surface area (TPSA) is 127 Å². The largest absolute Gasteiger partial charge is 0.490 e. The maximum atomic E-state index is 13.8. The van der Waals surface area contributed by atoms with Crippen LogP contribution in [0.25, 0.3) is 22.6 Å². The van der Waals surface area contributed by atoms with Crippen molar-refractivity contribution in [3.05, 3.63) is 23.4 Å². The summed E-state index contributed by atoms with van der Waals surface area (Å²) in [4.78, 5) is 22.7. The summed E-state index contributed by atoms with van der Waals surface area (Å²) in [6, 6.07) is 5.32. The van der Waals surface area contributed by atoms with Gasteiger partial charge in [0.25, 0.3) is 0 Å². The number of carbonyl (C=O) groups excluding carboxylic acids is 1. The molecule has 280 valence electrons. The van der Waals surface area contributed by atoms with Gasteiger partial charge in [-0.1, -0.05) is 46.2 Å². The number of anilines is 1. The van der Waals surface area contributed by atoms with Crippen molar-refractivity contribution >= 4 is 51.4 Å². The van der Waals surface area contributed by atoms with Gasteiger partial charge >= 0.3 is 7.12 Å². The number of fused-ring (bicyclic) bond motifs is 3. The molecule has 3 aromatic rings. The number of hydrogen-bond donors (Lipinski definition) is 2. The highest BCUT2D eigenvalue weighted by molar-refractivity contribution is 6.76. The molecule has 0 spiro atoms. The van der Waals surface area contributed by atoms with E-state index in [4.69, 9.17) is 24.3 Å². The lowest BCUT2D eigenvalue weighted by Gasteiger charge is -2.33. The zero-order valence-electron chi connectivity index (χ0n) is 32.3. The van der Waals surface area contributed by atoms with Gasteiger partial charge in [-0.2, -0.15) is 5.10 Å². The van der Waals surface area contributed by atoms with Crippen molar-refractivity contribution in [1.29, 1.82) is 0 Å². The molecule has 3 heterocycles. The Labute approximate surface area is 305 Å². The zero-order chi connectivity index (χ0) is 36.9. The number of benzene rings is 1. The summed E-state index contributed by atoms with van der Waals surface area (Å²) < 4.78 is 22.2. The molecule has 1 saturated heterocycles. The van der Waals surface area contributed by atoms with Crippen LogP contribution in [0.2, 0.25) is 51.4 Å². The fourth-order valence-corrected chi connectivity index (χ4v) is 8.94. The third kappa shape index (κ3) is 8.56. The number of morpholine rings is 1. The fourth-order valence-electron chi connectivity index (χ4n) is 7.43. The number of imidazole rings is 1. The van der Waals surface area contributed by atoms with Crippen LogP contribution in [0.4, 0.5) is 5.69 Å². The molecule has 15 heteroatoms. The van der Waals surface area contributed by atoms with Crippen molar-refractivity contribution in [2.75, 3.05) is 51.5 Å². The number of aromatic nitrogens is 4. The number of rotatable bonds is 15. The molecule has 3 atom stereocenters. The summed E-state index contributed by atoms with van der Waals surface area (Å²) in [6.45, 7) is 22.8. The number of likely N-dealkylation sites (N-methyl/N-ethyl adjacent to an activating group) is 1. The first-order valence-corrected chi connectivity index (χ1v) is 26.1. The summed E-state index contributed by atoms with van der Waals surface area (Å²) in [5.74, 6) is 1.16. The van der Waals surface area contributed by atoms with E-state index in [9.17, 15) is 14.8 Å². The molecule has 0 radical (unpaired) electrons. The van der Waals surface area contributed by atoms with Crippen LogP contribution in [0.5, 0.6) is 0 Å². The van der Waals surface area contributed by atoms with Crippen LogP contribution in [-0.4, -0.2) is 116 Å². The summed E-state index contributed by atoms with van der Waals surface area (Å²) in [5.41, 5.74) is 5.41. The summed E-state index contributed by atoms with van der Waals surface area (Å²) in [6.07, 6.45) is 3.07. The standard InChI is InChI=1S/C36H59BN6O6Si2/c1-25(41-10-12-47-13-11-41)35(44)40(3)27-19-29(37(45)46)33-30(20-27)42(23-48-14-16-50(4,5)6)34(38-33)32-28-18-26-21-36(26,2)22-31(28)43(39-32)24-49-15-17-51(7,8)9/h19-20,25-26,45-46H,10-18,21-24H2,1-9H3/t25?,26-,36-/m1/s1. The fraction of sp³-hybridized carbons (Fsp3) is 0.694. The van der Waals surface area contributed by atoms with Crippen molar-refractivity contribution in [2.24, 2.45) is 11.3 Å². The quantitative estimate of drug-likeness (QED) is 0.176. The number of nitrogens with zero attached hydrogens (tertiary/aromatic N) is 6. The second-order valence-corrected chi connectivity index (χ2v) is 29.0. The maximum absolute atomic E-state index is 13.8. The number of carbonyl (C=O) groups is 1. The van der Waals surface area contributed by atoms with Gasteiger partial charge in [0.1, 0.15) is 19.2 Å². The lowest BCUT2D eigenvalue weighted by molar-refractivity contribution is -0.124. The van der Waals surface area contributed by atoms with E-state index in [1.165, 1.54) is 17.7 Å². The van der Waals surface area contributed by atoms with Crippen molar-refractivity contribution in [1.82, 2.24) is 24.2 Å². The predicted octanol–water partition coefficient (Wildman–Crippen LogP) is 4.01. The first kappa shape index (κ1) is 38.4. The van der Waals surface area contributed by atoms with E-state index >= 15 is 0 Å². The van der Waals surface area contributed by atoms with Gasteiger partial charge in [-0.15, -0.1) is 0 Å². The van der Waals surface area contributed by atoms with E-state index in [1.54, 1.807) is 18.0 Å². The van der Waals surface area contributed by atoms with Crippen molar-refractivity contribution < 1.29 is 29.1 Å². The second-order valence-electron chi connectivity index (χ2n) is 17.8. The van der Waals surface area contributed by atoms with E-state index in [1.807, 2.05) is 22.2 Å². The Kier molecular flexibility index (Phi) is 11.1. The molecule has 1 aromatic carbocycles. The maximum Gasteiger partial charge on any atom is 0.490 e. The zero-order valence-corrected chi connectivity index (χ0v) is 34.3. The van der Waals surface area contributed by atoms with Gasteiger partial charge in [0, 0.05) is 71.9 Å². The minimum Gasteiger partial charge on any atom is -0.423 e. The minimum absolute atomic E-state index is 0.0817. The molecule has 2 fully saturated rings. The van der Waals surface area contributed by atoms with Gasteiger partial charge in [-0.05, 0) is 61.7 Å². The Balaban J connectivity index is 1.42. The highest BCUT2D eigenvalue weighted by Crippen LogP contribution is 2.60. The monoisotopic (exact) mass is 738 g/mol. The van der Waals surface area contributed by atoms with E-state index < -0.39 is 23.3 Å². The summed E-state index contributed by atoms with van der Waals surface area (Å²) in [5, 5.41) is 26.6. The van der Waals surface area contributed by atoms with Crippen LogP contribution in [0.1, 0.15) is 31.5 Å². The van der Waals surface area contributed by atoms with Crippen LogP contribution in [0.3, 0.4) is 0 Å². The van der Waals surface area contributed by atoms with E-state index in [2.05, 4.69) is 51.1 Å². The Morgan fingerprint density at radius 2 is 1.73 bits per heavy atom. The van der Waals surface area contributed by atoms with Gasteiger partial charge in [0.15, 0.2) is 5.82 Å². The Hall–Kier alpha value is -2.37. The molecule has 12 nitrogen and oxygen atoms in total. The summed E-state index contributed by atoms with van der Waals surface area (Å²) >= 11 is 0. The molecule has 2 aromatic heterocycles. The van der Waals surface area contributed by atoms with Gasteiger partial charge in [-0.3, -0.25) is 14.3 Å². The molecule has 2 N–H and O–H groups in total. The molecule has 6 rings (SSSR count). The third-order valence-corrected chi connectivity index (χ3v) is 14.6. The highest BCUT2D eigenvalue weighted by Gasteiger charge is 2.54. The molecule has 1 amide bonds. The number of ether oxygens (including phenoxy) is 3. The van der Waals surface area contributed by atoms with Crippen LogP contribution < -0.4 is 10.4 Å². The van der Waals surface area contributed by atoms with E-state index in [-0.39, 0.29) is 24.1 Å². The predicted molar refractivity (Wildman–Crippen MR) is 208 cm³/mol. The van der Waals surface area contributed by atoms with Gasteiger partial charge in [-0.25, -0.2) is 9.67 Å². The number of hydrogen-bond acceptors (Lipinski definition) is 9. The Morgan fingerprint density at radius 1 is 1.08 bits per heavy atom. The average Bonchev–Trinajstić information content (AvgIpc) is 3.43. The lowest BCUT2D eigenvalue weighted by Crippen LogP contribution is -2.50. The molecule has 3 aliphatic rings.